The largest absolute Gasteiger partial charge is 0.508 e. The average molecular weight is 654 g/mol. The van der Waals surface area contributed by atoms with Gasteiger partial charge in [0.2, 0.25) is 0 Å². The molecule has 3 heterocycles. The molecule has 2 aromatic heterocycles. The summed E-state index contributed by atoms with van der Waals surface area (Å²) >= 11 is 0. The summed E-state index contributed by atoms with van der Waals surface area (Å²) in [6, 6.07) is 25.2. The number of nitrogen functional groups attached to an aromatic ring is 2. The molecule has 7 N–H and O–H groups in total. The number of azo groups is 2. The van der Waals surface area contributed by atoms with Crippen LogP contribution in [0.3, 0.4) is 0 Å². The molecule has 12 heteroatoms. The third-order valence-corrected chi connectivity index (χ3v) is 8.51. The van der Waals surface area contributed by atoms with Crippen molar-refractivity contribution in [3.63, 3.8) is 0 Å². The van der Waals surface area contributed by atoms with Gasteiger partial charge in [0, 0.05) is 51.5 Å². The van der Waals surface area contributed by atoms with Gasteiger partial charge >= 0.3 is 0 Å². The molecule has 0 aliphatic carbocycles. The molecule has 6 aromatic rings. The van der Waals surface area contributed by atoms with Crippen molar-refractivity contribution in [2.24, 2.45) is 20.5 Å². The number of aromatic nitrogens is 2. The van der Waals surface area contributed by atoms with Crippen LogP contribution in [0.4, 0.5) is 34.1 Å². The summed E-state index contributed by atoms with van der Waals surface area (Å²) in [6.07, 6.45) is 13.3. The first-order valence-electron chi connectivity index (χ1n) is 16.0. The number of quaternary nitrogens is 1. The van der Waals surface area contributed by atoms with E-state index in [0.717, 1.165) is 65.5 Å². The molecule has 1 aliphatic rings. The Balaban J connectivity index is 0.910. The molecule has 0 radical (unpaired) electrons. The number of benzene rings is 4. The molecule has 0 saturated carbocycles. The maximum Gasteiger partial charge on any atom is 0.199 e. The minimum absolute atomic E-state index is 0.160. The van der Waals surface area contributed by atoms with Crippen molar-refractivity contribution in [2.45, 2.75) is 19.5 Å². The van der Waals surface area contributed by atoms with Gasteiger partial charge in [-0.05, 0) is 72.8 Å². The monoisotopic (exact) mass is 653 g/mol. The molecule has 1 atom stereocenters. The van der Waals surface area contributed by atoms with Crippen LogP contribution in [0.1, 0.15) is 6.42 Å². The number of phenols is 2. The highest BCUT2D eigenvalue weighted by molar-refractivity contribution is 6.01. The molecule has 0 amide bonds. The van der Waals surface area contributed by atoms with Crippen molar-refractivity contribution in [3.05, 3.63) is 122 Å². The van der Waals surface area contributed by atoms with Crippen molar-refractivity contribution in [1.82, 2.24) is 5.01 Å². The summed E-state index contributed by atoms with van der Waals surface area (Å²) < 4.78 is 4.25. The number of anilines is 2. The lowest BCUT2D eigenvalue weighted by Crippen LogP contribution is -3.18. The highest BCUT2D eigenvalue weighted by Crippen LogP contribution is 2.35. The Morgan fingerprint density at radius 3 is 1.71 bits per heavy atom. The van der Waals surface area contributed by atoms with Crippen molar-refractivity contribution in [2.75, 3.05) is 24.6 Å². The van der Waals surface area contributed by atoms with E-state index in [1.54, 1.807) is 48.5 Å². The second-order valence-electron chi connectivity index (χ2n) is 11.9. The molecule has 7 rings (SSSR count). The van der Waals surface area contributed by atoms with E-state index in [9.17, 15) is 10.2 Å². The second-order valence-corrected chi connectivity index (χ2v) is 11.9. The van der Waals surface area contributed by atoms with Gasteiger partial charge in [-0.15, -0.1) is 20.5 Å². The van der Waals surface area contributed by atoms with Gasteiger partial charge in [-0.25, -0.2) is 9.58 Å². The fourth-order valence-corrected chi connectivity index (χ4v) is 5.89. The lowest BCUT2D eigenvalue weighted by molar-refractivity contribution is -0.997. The van der Waals surface area contributed by atoms with Crippen LogP contribution in [0.15, 0.2) is 143 Å². The lowest BCUT2D eigenvalue weighted by Gasteiger charge is -2.32. The summed E-state index contributed by atoms with van der Waals surface area (Å²) in [6.45, 7) is 3.48. The number of fused-ring (bicyclic) bond motifs is 2. The van der Waals surface area contributed by atoms with Crippen molar-refractivity contribution in [1.29, 1.82) is 0 Å². The SMILES string of the molecule is Nc1ccc(N=Nc2ccc[n+](CCCN3C=C[NH+]3CC[n+]3cccc(N=Nc4ccc(N)c5cc(O)ccc45)c3)c2)c2ccc(O)cc12. The second kappa shape index (κ2) is 13.8. The van der Waals surface area contributed by atoms with E-state index in [0.29, 0.717) is 22.7 Å². The topological polar surface area (TPSA) is 157 Å². The maximum atomic E-state index is 9.86. The molecule has 0 bridgehead atoms. The number of hydrogen-bond acceptors (Lipinski definition) is 9. The van der Waals surface area contributed by atoms with Crippen molar-refractivity contribution < 1.29 is 24.4 Å². The predicted molar refractivity (Wildman–Crippen MR) is 188 cm³/mol. The van der Waals surface area contributed by atoms with E-state index in [1.807, 2.05) is 61.2 Å². The van der Waals surface area contributed by atoms with E-state index in [2.05, 4.69) is 47.0 Å². The smallest absolute Gasteiger partial charge is 0.199 e. The zero-order valence-corrected chi connectivity index (χ0v) is 26.8. The van der Waals surface area contributed by atoms with Crippen LogP contribution < -0.4 is 25.6 Å². The molecule has 0 spiro atoms. The fourth-order valence-electron chi connectivity index (χ4n) is 5.89. The summed E-state index contributed by atoms with van der Waals surface area (Å²) in [5.41, 5.74) is 16.2. The van der Waals surface area contributed by atoms with E-state index >= 15 is 0 Å². The van der Waals surface area contributed by atoms with Gasteiger partial charge < -0.3 is 21.7 Å². The Morgan fingerprint density at radius 1 is 0.633 bits per heavy atom. The minimum Gasteiger partial charge on any atom is -0.508 e. The molecule has 1 aliphatic heterocycles. The normalized spacial score (nSPS) is 14.4. The van der Waals surface area contributed by atoms with Crippen LogP contribution in [-0.4, -0.2) is 28.3 Å². The van der Waals surface area contributed by atoms with Gasteiger partial charge in [-0.2, -0.15) is 9.58 Å². The molecule has 1 unspecified atom stereocenters. The lowest BCUT2D eigenvalue weighted by atomic mass is 10.1. The van der Waals surface area contributed by atoms with Crippen LogP contribution in [0.25, 0.3) is 21.5 Å². The van der Waals surface area contributed by atoms with Crippen LogP contribution in [0, 0.1) is 0 Å². The third kappa shape index (κ3) is 7.14. The molecule has 244 valence electrons. The Bertz CT molecular complexity index is 2250. The number of hydrogen-bond donors (Lipinski definition) is 5. The molecular weight excluding hydrogens is 616 g/mol. The summed E-state index contributed by atoms with van der Waals surface area (Å²) in [5, 5.41) is 44.4. The number of rotatable bonds is 11. The highest BCUT2D eigenvalue weighted by Gasteiger charge is 2.24. The first-order chi connectivity index (χ1) is 23.9. The quantitative estimate of drug-likeness (QED) is 0.0694. The number of pyridine rings is 2. The molecule has 12 nitrogen and oxygen atoms in total. The van der Waals surface area contributed by atoms with Crippen molar-refractivity contribution in [3.8, 4) is 11.5 Å². The first-order valence-corrected chi connectivity index (χ1v) is 16.0. The Morgan fingerprint density at radius 2 is 1.18 bits per heavy atom. The van der Waals surface area contributed by atoms with Gasteiger partial charge in [0.25, 0.3) is 0 Å². The average Bonchev–Trinajstić information content (AvgIpc) is 3.10. The maximum absolute atomic E-state index is 9.86. The van der Waals surface area contributed by atoms with E-state index < -0.39 is 0 Å². The van der Waals surface area contributed by atoms with Gasteiger partial charge in [-0.1, -0.05) is 0 Å². The van der Waals surface area contributed by atoms with Crippen LogP contribution in [0.2, 0.25) is 0 Å². The fraction of sp³-hybridized carbons (Fsp3) is 0.135. The standard InChI is InChI=1S/C37H34N10O2/c38-34-10-12-36(30-8-6-28(48)22-32(30)34)42-40-26-4-1-14-44(24-26)16-3-17-46-20-21-47(46)19-18-45-15-2-5-27(25-45)41-43-37-13-11-35(39)33-23-29(49)7-9-31(33)37/h1-2,4-15,20-25H,3,16-19H2,(H4-2,38,39,40,41,42,43,48,49)/p+3. The number of aryl methyl sites for hydroxylation is 1. The van der Waals surface area contributed by atoms with Crippen LogP contribution in [-0.2, 0) is 13.1 Å². The van der Waals surface area contributed by atoms with Crippen LogP contribution in [0.5, 0.6) is 11.5 Å². The molecule has 4 aromatic carbocycles. The number of nitrogens with one attached hydrogen (secondary N) is 1. The Labute approximate surface area is 282 Å². The van der Waals surface area contributed by atoms with E-state index in [1.165, 1.54) is 5.01 Å². The van der Waals surface area contributed by atoms with Gasteiger partial charge in [0.15, 0.2) is 37.9 Å². The number of nitrogens with two attached hydrogens (primary N) is 2. The van der Waals surface area contributed by atoms with E-state index in [4.69, 9.17) is 11.5 Å². The first kappa shape index (κ1) is 31.2. The van der Waals surface area contributed by atoms with Gasteiger partial charge in [0.05, 0.1) is 17.9 Å². The Hall–Kier alpha value is -6.40. The molecule has 0 saturated heterocycles. The van der Waals surface area contributed by atoms with E-state index in [-0.39, 0.29) is 11.5 Å². The number of phenolic OH excluding ortho intramolecular Hbond substituents is 2. The van der Waals surface area contributed by atoms with Crippen molar-refractivity contribution >= 4 is 55.7 Å². The molecule has 49 heavy (non-hydrogen) atoms. The summed E-state index contributed by atoms with van der Waals surface area (Å²) in [7, 11) is 0. The predicted octanol–water partition coefficient (Wildman–Crippen LogP) is 5.65. The Kier molecular flexibility index (Phi) is 8.76. The summed E-state index contributed by atoms with van der Waals surface area (Å²) in [5.74, 6) is 0.320. The minimum atomic E-state index is 0.160. The molecule has 0 fully saturated rings. The summed E-state index contributed by atoms with van der Waals surface area (Å²) in [4.78, 5) is 0. The zero-order valence-electron chi connectivity index (χ0n) is 26.8. The number of aromatic hydroxyl groups is 2. The van der Waals surface area contributed by atoms with Gasteiger partial charge in [0.1, 0.15) is 41.8 Å². The highest BCUT2D eigenvalue weighted by atomic mass is 16.3. The number of nitrogens with zero attached hydrogens (tertiary/aromatic N) is 7. The van der Waals surface area contributed by atoms with Gasteiger partial charge in [-0.3, -0.25) is 0 Å². The van der Waals surface area contributed by atoms with Crippen LogP contribution >= 0.6 is 0 Å². The third-order valence-electron chi connectivity index (χ3n) is 8.51. The molecular formula is C37H37N10O2+3. The zero-order chi connectivity index (χ0) is 33.7.